The van der Waals surface area contributed by atoms with Crippen LogP contribution >= 0.6 is 0 Å². The lowest BCUT2D eigenvalue weighted by Crippen LogP contribution is -2.51. The van der Waals surface area contributed by atoms with Crippen molar-refractivity contribution in [3.63, 3.8) is 0 Å². The zero-order chi connectivity index (χ0) is 13.1. The molecule has 0 bridgehead atoms. The van der Waals surface area contributed by atoms with Gasteiger partial charge in [0.15, 0.2) is 0 Å². The molecule has 0 aliphatic heterocycles. The van der Waals surface area contributed by atoms with Crippen LogP contribution in [0, 0.1) is 5.41 Å². The van der Waals surface area contributed by atoms with Crippen molar-refractivity contribution in [3.8, 4) is 0 Å². The Balaban J connectivity index is 2.50. The second kappa shape index (κ2) is 5.68. The Morgan fingerprint density at radius 3 is 2.12 bits per heavy atom. The Morgan fingerprint density at radius 2 is 1.71 bits per heavy atom. The van der Waals surface area contributed by atoms with Gasteiger partial charge in [-0.1, -0.05) is 13.8 Å². The molecule has 1 aliphatic rings. The summed E-state index contributed by atoms with van der Waals surface area (Å²) in [6, 6.07) is 0. The molecule has 1 fully saturated rings. The van der Waals surface area contributed by atoms with E-state index in [-0.39, 0.29) is 5.54 Å². The number of nitrogens with two attached hydrogens (primary N) is 1. The van der Waals surface area contributed by atoms with Crippen LogP contribution in [-0.2, 0) is 0 Å². The first-order valence-corrected chi connectivity index (χ1v) is 6.87. The molecule has 0 heterocycles. The zero-order valence-corrected chi connectivity index (χ0v) is 12.4. The first-order valence-electron chi connectivity index (χ1n) is 6.87. The Labute approximate surface area is 107 Å². The third-order valence-corrected chi connectivity index (χ3v) is 4.36. The van der Waals surface area contributed by atoms with E-state index in [1.807, 2.05) is 0 Å². The molecule has 2 N–H and O–H groups in total. The van der Waals surface area contributed by atoms with Gasteiger partial charge in [0.05, 0.1) is 0 Å². The number of nitrogens with zero attached hydrogens (tertiary/aromatic N) is 2. The number of hydrogen-bond acceptors (Lipinski definition) is 3. The van der Waals surface area contributed by atoms with E-state index in [1.165, 1.54) is 25.7 Å². The maximum atomic E-state index is 6.07. The highest BCUT2D eigenvalue weighted by Crippen LogP contribution is 2.45. The standard InChI is InChI=1S/C14H31N3/c1-13(2)7-8-14(11-13,12-15)17(5)10-6-9-16(3)4/h6-12,15H2,1-5H3. The molecule has 3 heteroatoms. The lowest BCUT2D eigenvalue weighted by Gasteiger charge is -2.39. The van der Waals surface area contributed by atoms with Gasteiger partial charge in [-0.15, -0.1) is 0 Å². The minimum absolute atomic E-state index is 0.260. The Bertz CT molecular complexity index is 238. The van der Waals surface area contributed by atoms with Gasteiger partial charge < -0.3 is 10.6 Å². The predicted octanol–water partition coefficient (Wildman–Crippen LogP) is 1.78. The van der Waals surface area contributed by atoms with E-state index in [1.54, 1.807) is 0 Å². The lowest BCUT2D eigenvalue weighted by atomic mass is 9.87. The van der Waals surface area contributed by atoms with Gasteiger partial charge in [-0.05, 0) is 65.3 Å². The third kappa shape index (κ3) is 3.94. The molecule has 1 saturated carbocycles. The molecule has 0 aromatic carbocycles. The summed E-state index contributed by atoms with van der Waals surface area (Å²) in [6.07, 6.45) is 5.04. The van der Waals surface area contributed by atoms with E-state index in [0.29, 0.717) is 5.41 Å². The van der Waals surface area contributed by atoms with Crippen molar-refractivity contribution in [1.29, 1.82) is 0 Å². The second-order valence-electron chi connectivity index (χ2n) is 6.85. The third-order valence-electron chi connectivity index (χ3n) is 4.36. The molecule has 17 heavy (non-hydrogen) atoms. The van der Waals surface area contributed by atoms with Gasteiger partial charge in [-0.2, -0.15) is 0 Å². The molecule has 0 aromatic heterocycles. The van der Waals surface area contributed by atoms with Crippen molar-refractivity contribution in [1.82, 2.24) is 9.80 Å². The molecular weight excluding hydrogens is 210 g/mol. The summed E-state index contributed by atoms with van der Waals surface area (Å²) in [5, 5.41) is 0. The Hall–Kier alpha value is -0.120. The molecule has 1 atom stereocenters. The second-order valence-corrected chi connectivity index (χ2v) is 6.85. The van der Waals surface area contributed by atoms with Crippen molar-refractivity contribution in [3.05, 3.63) is 0 Å². The van der Waals surface area contributed by atoms with Crippen molar-refractivity contribution >= 4 is 0 Å². The normalized spacial score (nSPS) is 28.2. The van der Waals surface area contributed by atoms with Crippen LogP contribution in [-0.4, -0.2) is 56.1 Å². The molecule has 1 rings (SSSR count). The molecule has 3 nitrogen and oxygen atoms in total. The highest BCUT2D eigenvalue weighted by molar-refractivity contribution is 5.01. The Kier molecular flexibility index (Phi) is 4.99. The summed E-state index contributed by atoms with van der Waals surface area (Å²) in [4.78, 5) is 4.77. The lowest BCUT2D eigenvalue weighted by molar-refractivity contribution is 0.114. The number of hydrogen-bond donors (Lipinski definition) is 1. The minimum atomic E-state index is 0.260. The molecule has 1 aliphatic carbocycles. The molecule has 0 spiro atoms. The van der Waals surface area contributed by atoms with Crippen molar-refractivity contribution < 1.29 is 0 Å². The Morgan fingerprint density at radius 1 is 1.06 bits per heavy atom. The van der Waals surface area contributed by atoms with Gasteiger partial charge in [0.25, 0.3) is 0 Å². The number of rotatable bonds is 6. The smallest absolute Gasteiger partial charge is 0.0333 e. The highest BCUT2D eigenvalue weighted by Gasteiger charge is 2.44. The summed E-state index contributed by atoms with van der Waals surface area (Å²) in [6.45, 7) is 7.87. The van der Waals surface area contributed by atoms with Crippen molar-refractivity contribution in [2.45, 2.75) is 45.1 Å². The van der Waals surface area contributed by atoms with Gasteiger partial charge in [-0.3, -0.25) is 4.90 Å². The SMILES string of the molecule is CN(C)CCCN(C)C1(CN)CCC(C)(C)C1. The fourth-order valence-corrected chi connectivity index (χ4v) is 3.16. The van der Waals surface area contributed by atoms with Crippen molar-refractivity contribution in [2.24, 2.45) is 11.1 Å². The first kappa shape index (κ1) is 14.9. The van der Waals surface area contributed by atoms with Gasteiger partial charge in [0.2, 0.25) is 0 Å². The molecule has 0 saturated heterocycles. The van der Waals surface area contributed by atoms with E-state index in [0.717, 1.165) is 19.6 Å². The van der Waals surface area contributed by atoms with Gasteiger partial charge >= 0.3 is 0 Å². The molecule has 102 valence electrons. The predicted molar refractivity (Wildman–Crippen MR) is 75.2 cm³/mol. The van der Waals surface area contributed by atoms with Crippen LogP contribution < -0.4 is 5.73 Å². The summed E-state index contributed by atoms with van der Waals surface area (Å²) >= 11 is 0. The van der Waals surface area contributed by atoms with Gasteiger partial charge in [0.1, 0.15) is 0 Å². The summed E-state index contributed by atoms with van der Waals surface area (Å²) in [5.41, 5.74) is 6.80. The van der Waals surface area contributed by atoms with Crippen LogP contribution in [0.5, 0.6) is 0 Å². The monoisotopic (exact) mass is 241 g/mol. The van der Waals surface area contributed by atoms with Crippen LogP contribution in [0.25, 0.3) is 0 Å². The van der Waals surface area contributed by atoms with E-state index >= 15 is 0 Å². The first-order chi connectivity index (χ1) is 7.81. The van der Waals surface area contributed by atoms with E-state index < -0.39 is 0 Å². The molecule has 1 unspecified atom stereocenters. The number of likely N-dealkylation sites (N-methyl/N-ethyl adjacent to an activating group) is 1. The fourth-order valence-electron chi connectivity index (χ4n) is 3.16. The summed E-state index contributed by atoms with van der Waals surface area (Å²) in [5.74, 6) is 0. The largest absolute Gasteiger partial charge is 0.329 e. The maximum absolute atomic E-state index is 6.07. The molecule has 0 radical (unpaired) electrons. The van der Waals surface area contributed by atoms with E-state index in [4.69, 9.17) is 5.73 Å². The van der Waals surface area contributed by atoms with E-state index in [9.17, 15) is 0 Å². The zero-order valence-electron chi connectivity index (χ0n) is 12.4. The van der Waals surface area contributed by atoms with Gasteiger partial charge in [0, 0.05) is 12.1 Å². The molecule has 0 amide bonds. The van der Waals surface area contributed by atoms with Crippen molar-refractivity contribution in [2.75, 3.05) is 40.8 Å². The summed E-state index contributed by atoms with van der Waals surface area (Å²) < 4.78 is 0. The van der Waals surface area contributed by atoms with Gasteiger partial charge in [-0.25, -0.2) is 0 Å². The molecule has 0 aromatic rings. The van der Waals surface area contributed by atoms with E-state index in [2.05, 4.69) is 44.8 Å². The summed E-state index contributed by atoms with van der Waals surface area (Å²) in [7, 11) is 6.53. The van der Waals surface area contributed by atoms with Crippen LogP contribution in [0.4, 0.5) is 0 Å². The molecular formula is C14H31N3. The topological polar surface area (TPSA) is 32.5 Å². The quantitative estimate of drug-likeness (QED) is 0.769. The highest BCUT2D eigenvalue weighted by atomic mass is 15.2. The average Bonchev–Trinajstić information content (AvgIpc) is 2.55. The van der Waals surface area contributed by atoms with Crippen LogP contribution in [0.15, 0.2) is 0 Å². The maximum Gasteiger partial charge on any atom is 0.0333 e. The average molecular weight is 241 g/mol. The minimum Gasteiger partial charge on any atom is -0.329 e. The fraction of sp³-hybridized carbons (Fsp3) is 1.00. The van der Waals surface area contributed by atoms with Crippen LogP contribution in [0.2, 0.25) is 0 Å². The van der Waals surface area contributed by atoms with Crippen LogP contribution in [0.3, 0.4) is 0 Å². The van der Waals surface area contributed by atoms with Crippen LogP contribution in [0.1, 0.15) is 39.5 Å².